The van der Waals surface area contributed by atoms with Gasteiger partial charge in [-0.1, -0.05) is 15.9 Å². The predicted octanol–water partition coefficient (Wildman–Crippen LogP) is 1.60. The number of aryl methyl sites for hydroxylation is 1. The standard InChI is InChI=1S/C10H18BrN3O2S/c1-9(2)14(8-4-6-11)17(15,16)10-5-7-12-13(10)3/h5,7,9H,4,6,8H2,1-3H3. The van der Waals surface area contributed by atoms with Gasteiger partial charge in [0.25, 0.3) is 10.0 Å². The molecule has 0 saturated carbocycles. The van der Waals surface area contributed by atoms with Crippen LogP contribution in [-0.4, -0.2) is 40.4 Å². The molecule has 0 spiro atoms. The Labute approximate surface area is 111 Å². The Morgan fingerprint density at radius 2 is 2.18 bits per heavy atom. The van der Waals surface area contributed by atoms with Gasteiger partial charge < -0.3 is 0 Å². The lowest BCUT2D eigenvalue weighted by Crippen LogP contribution is -2.38. The molecule has 0 aromatic carbocycles. The fourth-order valence-corrected chi connectivity index (χ4v) is 3.64. The Bertz CT molecular complexity index is 456. The van der Waals surface area contributed by atoms with Crippen LogP contribution < -0.4 is 0 Å². The van der Waals surface area contributed by atoms with Crippen molar-refractivity contribution in [3.8, 4) is 0 Å². The van der Waals surface area contributed by atoms with Gasteiger partial charge in [0, 0.05) is 25.0 Å². The van der Waals surface area contributed by atoms with Crippen molar-refractivity contribution in [2.45, 2.75) is 31.3 Å². The Morgan fingerprint density at radius 1 is 1.53 bits per heavy atom. The van der Waals surface area contributed by atoms with Crippen LogP contribution in [0.15, 0.2) is 17.3 Å². The van der Waals surface area contributed by atoms with Crippen molar-refractivity contribution in [1.29, 1.82) is 0 Å². The second-order valence-corrected chi connectivity index (χ2v) is 6.68. The molecule has 0 aliphatic carbocycles. The van der Waals surface area contributed by atoms with Gasteiger partial charge in [-0.15, -0.1) is 0 Å². The molecule has 0 N–H and O–H groups in total. The number of hydrogen-bond donors (Lipinski definition) is 0. The number of alkyl halides is 1. The zero-order chi connectivity index (χ0) is 13.1. The summed E-state index contributed by atoms with van der Waals surface area (Å²) >= 11 is 3.32. The highest BCUT2D eigenvalue weighted by atomic mass is 79.9. The molecule has 1 rings (SSSR count). The third-order valence-electron chi connectivity index (χ3n) is 2.44. The Hall–Kier alpha value is -0.400. The van der Waals surface area contributed by atoms with E-state index >= 15 is 0 Å². The van der Waals surface area contributed by atoms with Gasteiger partial charge in [-0.05, 0) is 26.3 Å². The fourth-order valence-electron chi connectivity index (χ4n) is 1.61. The molecule has 0 unspecified atom stereocenters. The zero-order valence-corrected chi connectivity index (χ0v) is 12.7. The normalized spacial score (nSPS) is 12.6. The topological polar surface area (TPSA) is 55.2 Å². The third kappa shape index (κ3) is 3.29. The summed E-state index contributed by atoms with van der Waals surface area (Å²) in [6, 6.07) is 1.47. The lowest BCUT2D eigenvalue weighted by Gasteiger charge is -2.25. The average molecular weight is 324 g/mol. The molecule has 0 saturated heterocycles. The van der Waals surface area contributed by atoms with E-state index in [2.05, 4.69) is 21.0 Å². The maximum absolute atomic E-state index is 12.4. The highest BCUT2D eigenvalue weighted by Gasteiger charge is 2.28. The average Bonchev–Trinajstić information content (AvgIpc) is 2.64. The van der Waals surface area contributed by atoms with Crippen molar-refractivity contribution < 1.29 is 8.42 Å². The first-order valence-electron chi connectivity index (χ1n) is 5.47. The smallest absolute Gasteiger partial charge is 0.256 e. The van der Waals surface area contributed by atoms with E-state index in [9.17, 15) is 8.42 Å². The summed E-state index contributed by atoms with van der Waals surface area (Å²) in [5.41, 5.74) is 0. The molecule has 1 aromatic rings. The van der Waals surface area contributed by atoms with Gasteiger partial charge in [0.2, 0.25) is 0 Å². The molecule has 98 valence electrons. The molecule has 1 aromatic heterocycles. The monoisotopic (exact) mass is 323 g/mol. The summed E-state index contributed by atoms with van der Waals surface area (Å²) in [7, 11) is -1.81. The van der Waals surface area contributed by atoms with Gasteiger partial charge in [-0.2, -0.15) is 9.40 Å². The molecule has 0 radical (unpaired) electrons. The molecule has 0 atom stereocenters. The fraction of sp³-hybridized carbons (Fsp3) is 0.700. The van der Waals surface area contributed by atoms with Gasteiger partial charge in [0.1, 0.15) is 0 Å². The van der Waals surface area contributed by atoms with Crippen LogP contribution in [-0.2, 0) is 17.1 Å². The molecular formula is C10H18BrN3O2S. The molecule has 7 heteroatoms. The first-order valence-corrected chi connectivity index (χ1v) is 8.03. The van der Waals surface area contributed by atoms with Gasteiger partial charge in [-0.3, -0.25) is 4.68 Å². The van der Waals surface area contributed by atoms with Crippen molar-refractivity contribution >= 4 is 26.0 Å². The molecule has 0 amide bonds. The second kappa shape index (κ2) is 5.97. The minimum atomic E-state index is -3.45. The lowest BCUT2D eigenvalue weighted by atomic mass is 10.4. The van der Waals surface area contributed by atoms with Crippen molar-refractivity contribution in [1.82, 2.24) is 14.1 Å². The quantitative estimate of drug-likeness (QED) is 0.747. The molecule has 17 heavy (non-hydrogen) atoms. The van der Waals surface area contributed by atoms with Crippen LogP contribution in [0, 0.1) is 0 Å². The van der Waals surface area contributed by atoms with Crippen LogP contribution in [0.2, 0.25) is 0 Å². The summed E-state index contributed by atoms with van der Waals surface area (Å²) < 4.78 is 27.7. The lowest BCUT2D eigenvalue weighted by molar-refractivity contribution is 0.351. The SMILES string of the molecule is CC(C)N(CCCBr)S(=O)(=O)c1ccnn1C. The maximum atomic E-state index is 12.4. The third-order valence-corrected chi connectivity index (χ3v) is 5.15. The van der Waals surface area contributed by atoms with E-state index in [1.807, 2.05) is 13.8 Å². The van der Waals surface area contributed by atoms with Crippen molar-refractivity contribution in [3.63, 3.8) is 0 Å². The second-order valence-electron chi connectivity index (χ2n) is 4.05. The highest BCUT2D eigenvalue weighted by Crippen LogP contribution is 2.17. The van der Waals surface area contributed by atoms with E-state index < -0.39 is 10.0 Å². The van der Waals surface area contributed by atoms with Crippen molar-refractivity contribution in [3.05, 3.63) is 12.3 Å². The Kier molecular flexibility index (Phi) is 5.15. The number of aromatic nitrogens is 2. The molecule has 1 heterocycles. The Morgan fingerprint density at radius 3 is 2.59 bits per heavy atom. The van der Waals surface area contributed by atoms with Crippen LogP contribution in [0.25, 0.3) is 0 Å². The number of nitrogens with zero attached hydrogens (tertiary/aromatic N) is 3. The predicted molar refractivity (Wildman–Crippen MR) is 70.6 cm³/mol. The highest BCUT2D eigenvalue weighted by molar-refractivity contribution is 9.09. The summed E-state index contributed by atoms with van der Waals surface area (Å²) in [4.78, 5) is 0. The van der Waals surface area contributed by atoms with Gasteiger partial charge in [0.15, 0.2) is 5.03 Å². The minimum absolute atomic E-state index is 0.0612. The van der Waals surface area contributed by atoms with E-state index in [-0.39, 0.29) is 11.1 Å². The Balaban J connectivity index is 3.05. The largest absolute Gasteiger partial charge is 0.260 e. The minimum Gasteiger partial charge on any atom is -0.256 e. The van der Waals surface area contributed by atoms with E-state index in [0.717, 1.165) is 11.8 Å². The van der Waals surface area contributed by atoms with Crippen LogP contribution in [0.1, 0.15) is 20.3 Å². The van der Waals surface area contributed by atoms with E-state index in [1.54, 1.807) is 7.05 Å². The van der Waals surface area contributed by atoms with E-state index in [1.165, 1.54) is 21.3 Å². The van der Waals surface area contributed by atoms with Crippen LogP contribution in [0.3, 0.4) is 0 Å². The van der Waals surface area contributed by atoms with E-state index in [0.29, 0.717) is 6.54 Å². The van der Waals surface area contributed by atoms with Crippen LogP contribution >= 0.6 is 15.9 Å². The zero-order valence-electron chi connectivity index (χ0n) is 10.3. The maximum Gasteiger partial charge on any atom is 0.260 e. The molecule has 0 bridgehead atoms. The molecular weight excluding hydrogens is 306 g/mol. The summed E-state index contributed by atoms with van der Waals surface area (Å²) in [6.07, 6.45) is 2.28. The number of rotatable bonds is 6. The summed E-state index contributed by atoms with van der Waals surface area (Å²) in [6.45, 7) is 4.26. The summed E-state index contributed by atoms with van der Waals surface area (Å²) in [5, 5.41) is 4.93. The number of halogens is 1. The first-order chi connectivity index (χ1) is 7.91. The van der Waals surface area contributed by atoms with Gasteiger partial charge >= 0.3 is 0 Å². The molecule has 0 fully saturated rings. The number of sulfonamides is 1. The van der Waals surface area contributed by atoms with Crippen LogP contribution in [0.5, 0.6) is 0 Å². The van der Waals surface area contributed by atoms with Crippen molar-refractivity contribution in [2.24, 2.45) is 7.05 Å². The summed E-state index contributed by atoms with van der Waals surface area (Å²) in [5.74, 6) is 0. The number of hydrogen-bond acceptors (Lipinski definition) is 3. The molecule has 0 aliphatic rings. The van der Waals surface area contributed by atoms with Gasteiger partial charge in [-0.25, -0.2) is 8.42 Å². The van der Waals surface area contributed by atoms with Crippen molar-refractivity contribution in [2.75, 3.05) is 11.9 Å². The van der Waals surface area contributed by atoms with Crippen LogP contribution in [0.4, 0.5) is 0 Å². The van der Waals surface area contributed by atoms with Gasteiger partial charge in [0.05, 0.1) is 6.20 Å². The molecule has 5 nitrogen and oxygen atoms in total. The first kappa shape index (κ1) is 14.7. The van der Waals surface area contributed by atoms with E-state index in [4.69, 9.17) is 0 Å². The molecule has 0 aliphatic heterocycles.